The summed E-state index contributed by atoms with van der Waals surface area (Å²) in [5.41, 5.74) is -0.608. The molecule has 0 saturated carbocycles. The van der Waals surface area contributed by atoms with E-state index in [-0.39, 0.29) is 87.0 Å². The summed E-state index contributed by atoms with van der Waals surface area (Å²) in [6, 6.07) is 8.16. The Labute approximate surface area is 247 Å². The molecule has 0 spiro atoms. The van der Waals surface area contributed by atoms with Crippen molar-refractivity contribution in [3.63, 3.8) is 0 Å². The third-order valence-corrected chi connectivity index (χ3v) is 8.36. The van der Waals surface area contributed by atoms with Crippen molar-refractivity contribution in [2.75, 3.05) is 65.8 Å². The van der Waals surface area contributed by atoms with Crippen LogP contribution in [-0.4, -0.2) is 113 Å². The van der Waals surface area contributed by atoms with Gasteiger partial charge in [-0.2, -0.15) is 13.2 Å². The maximum Gasteiger partial charge on any atom is 0.416 e. The summed E-state index contributed by atoms with van der Waals surface area (Å²) in [4.78, 5) is 44.2. The summed E-state index contributed by atoms with van der Waals surface area (Å²) in [7, 11) is -2.01. The molecule has 234 valence electrons. The molecule has 11 nitrogen and oxygen atoms in total. The van der Waals surface area contributed by atoms with Gasteiger partial charge in [0, 0.05) is 52.6 Å². The topological polar surface area (TPSA) is 126 Å². The van der Waals surface area contributed by atoms with Crippen molar-refractivity contribution in [3.8, 4) is 5.75 Å². The molecule has 3 amide bonds. The number of methoxy groups -OCH3 is 1. The Bertz CT molecular complexity index is 1450. The fraction of sp³-hybridized carbons (Fsp3) is 0.464. The zero-order valence-corrected chi connectivity index (χ0v) is 24.5. The van der Waals surface area contributed by atoms with Gasteiger partial charge in [-0.1, -0.05) is 12.1 Å². The van der Waals surface area contributed by atoms with Gasteiger partial charge in [0.1, 0.15) is 19.0 Å². The highest BCUT2D eigenvalue weighted by Crippen LogP contribution is 2.33. The maximum atomic E-state index is 13.6. The van der Waals surface area contributed by atoms with Crippen LogP contribution in [0.25, 0.3) is 0 Å². The summed E-state index contributed by atoms with van der Waals surface area (Å²) < 4.78 is 74.9. The minimum atomic E-state index is -4.69. The molecule has 0 aliphatic carbocycles. The van der Waals surface area contributed by atoms with E-state index in [1.165, 1.54) is 24.1 Å². The standard InChI is InChI=1S/C28H33F3N4O7S/c1-41-18-26(37)34-11-12-35-21(15-34)17-42-24-8-5-20(28(29,30)31)13-23(24)27(38)32-9-10-33(16-25(35)36)14-19-3-6-22(7-4-19)43(2,39)40/h3-8,13,21H,9-12,14-18H2,1-2H3,(H,32,38)/t21-/m0/s1. The van der Waals surface area contributed by atoms with Crippen molar-refractivity contribution in [2.45, 2.75) is 23.7 Å². The smallest absolute Gasteiger partial charge is 0.416 e. The molecule has 2 aliphatic heterocycles. The van der Waals surface area contributed by atoms with Crippen LogP contribution < -0.4 is 10.1 Å². The first-order valence-corrected chi connectivity index (χ1v) is 15.3. The van der Waals surface area contributed by atoms with Gasteiger partial charge in [0.05, 0.1) is 28.6 Å². The summed E-state index contributed by atoms with van der Waals surface area (Å²) in [6.07, 6.45) is -3.59. The number of carbonyl (C=O) groups is 3. The number of piperazine rings is 1. The molecule has 43 heavy (non-hydrogen) atoms. The zero-order valence-electron chi connectivity index (χ0n) is 23.7. The SMILES string of the molecule is COCC(=O)N1CCN2C(=O)CN(Cc3ccc(S(C)(=O)=O)cc3)CCNC(=O)c3cc(C(F)(F)F)ccc3OC[C@@H]2C1. The molecule has 1 atom stereocenters. The Hall–Kier alpha value is -3.69. The number of halogens is 3. The highest BCUT2D eigenvalue weighted by molar-refractivity contribution is 7.90. The van der Waals surface area contributed by atoms with Crippen LogP contribution in [0.15, 0.2) is 47.4 Å². The van der Waals surface area contributed by atoms with E-state index in [2.05, 4.69) is 5.32 Å². The van der Waals surface area contributed by atoms with E-state index in [1.54, 1.807) is 21.9 Å². The third-order valence-electron chi connectivity index (χ3n) is 7.24. The maximum absolute atomic E-state index is 13.6. The third kappa shape index (κ3) is 8.24. The second kappa shape index (κ2) is 13.3. The van der Waals surface area contributed by atoms with Crippen LogP contribution in [0.5, 0.6) is 5.75 Å². The molecule has 2 aromatic rings. The Kier molecular flexibility index (Phi) is 9.97. The molecule has 4 rings (SSSR count). The number of ether oxygens (including phenoxy) is 2. The molecule has 0 bridgehead atoms. The van der Waals surface area contributed by atoms with Crippen molar-refractivity contribution in [1.29, 1.82) is 0 Å². The van der Waals surface area contributed by atoms with Gasteiger partial charge in [-0.3, -0.25) is 19.3 Å². The highest BCUT2D eigenvalue weighted by atomic mass is 32.2. The molecule has 0 radical (unpaired) electrons. The molecule has 2 aromatic carbocycles. The first kappa shape index (κ1) is 32.2. The number of amides is 3. The molecule has 2 aliphatic rings. The Morgan fingerprint density at radius 1 is 1.09 bits per heavy atom. The number of fused-ring (bicyclic) bond motifs is 2. The molecule has 15 heteroatoms. The van der Waals surface area contributed by atoms with Crippen molar-refractivity contribution in [1.82, 2.24) is 20.0 Å². The first-order valence-electron chi connectivity index (χ1n) is 13.5. The number of hydrogen-bond acceptors (Lipinski definition) is 8. The van der Waals surface area contributed by atoms with Crippen LogP contribution in [0.3, 0.4) is 0 Å². The van der Waals surface area contributed by atoms with Gasteiger partial charge < -0.3 is 24.6 Å². The predicted molar refractivity (Wildman–Crippen MR) is 148 cm³/mol. The lowest BCUT2D eigenvalue weighted by atomic mass is 10.1. The van der Waals surface area contributed by atoms with Gasteiger partial charge >= 0.3 is 6.18 Å². The number of rotatable bonds is 5. The van der Waals surface area contributed by atoms with Gasteiger partial charge in [-0.15, -0.1) is 0 Å². The van der Waals surface area contributed by atoms with E-state index in [4.69, 9.17) is 9.47 Å². The molecule has 1 saturated heterocycles. The van der Waals surface area contributed by atoms with Gasteiger partial charge in [-0.25, -0.2) is 8.42 Å². The Balaban J connectivity index is 1.64. The number of nitrogens with zero attached hydrogens (tertiary/aromatic N) is 3. The van der Waals surface area contributed by atoms with E-state index < -0.39 is 33.5 Å². The van der Waals surface area contributed by atoms with Crippen LogP contribution in [0.1, 0.15) is 21.5 Å². The van der Waals surface area contributed by atoms with E-state index >= 15 is 0 Å². The van der Waals surface area contributed by atoms with Crippen LogP contribution in [0.4, 0.5) is 13.2 Å². The Morgan fingerprint density at radius 2 is 1.81 bits per heavy atom. The minimum Gasteiger partial charge on any atom is -0.491 e. The second-order valence-electron chi connectivity index (χ2n) is 10.4. The van der Waals surface area contributed by atoms with Gasteiger partial charge in [-0.05, 0) is 35.9 Å². The molecule has 1 N–H and O–H groups in total. The summed E-state index contributed by atoms with van der Waals surface area (Å²) in [5.74, 6) is -1.41. The number of carbonyl (C=O) groups excluding carboxylic acids is 3. The predicted octanol–water partition coefficient (Wildman–Crippen LogP) is 1.42. The van der Waals surface area contributed by atoms with Crippen molar-refractivity contribution in [2.24, 2.45) is 0 Å². The quantitative estimate of drug-likeness (QED) is 0.529. The fourth-order valence-electron chi connectivity index (χ4n) is 4.98. The van der Waals surface area contributed by atoms with Crippen LogP contribution >= 0.6 is 0 Å². The van der Waals surface area contributed by atoms with Crippen molar-refractivity contribution >= 4 is 27.6 Å². The lowest BCUT2D eigenvalue weighted by Gasteiger charge is -2.42. The lowest BCUT2D eigenvalue weighted by Crippen LogP contribution is -2.60. The van der Waals surface area contributed by atoms with E-state index in [0.717, 1.165) is 24.5 Å². The number of benzene rings is 2. The summed E-state index contributed by atoms with van der Waals surface area (Å²) >= 11 is 0. The summed E-state index contributed by atoms with van der Waals surface area (Å²) in [5, 5.41) is 2.62. The molecule has 1 fully saturated rings. The van der Waals surface area contributed by atoms with Gasteiger partial charge in [0.25, 0.3) is 5.91 Å². The number of sulfone groups is 1. The fourth-order valence-corrected chi connectivity index (χ4v) is 5.61. The van der Waals surface area contributed by atoms with Gasteiger partial charge in [0.2, 0.25) is 11.8 Å². The monoisotopic (exact) mass is 626 g/mol. The average molecular weight is 627 g/mol. The van der Waals surface area contributed by atoms with E-state index in [1.807, 2.05) is 0 Å². The zero-order chi connectivity index (χ0) is 31.4. The number of nitrogens with one attached hydrogen (secondary N) is 1. The normalized spacial score (nSPS) is 19.2. The Morgan fingerprint density at radius 3 is 2.47 bits per heavy atom. The van der Waals surface area contributed by atoms with Crippen LogP contribution in [0.2, 0.25) is 0 Å². The summed E-state index contributed by atoms with van der Waals surface area (Å²) in [6.45, 7) is 0.536. The average Bonchev–Trinajstić information content (AvgIpc) is 2.95. The number of alkyl halides is 3. The van der Waals surface area contributed by atoms with Crippen LogP contribution in [0, 0.1) is 0 Å². The highest BCUT2D eigenvalue weighted by Gasteiger charge is 2.35. The lowest BCUT2D eigenvalue weighted by molar-refractivity contribution is -0.146. The van der Waals surface area contributed by atoms with Gasteiger partial charge in [0.15, 0.2) is 9.84 Å². The molecule has 0 aromatic heterocycles. The molecular formula is C28H33F3N4O7S. The van der Waals surface area contributed by atoms with Crippen molar-refractivity contribution in [3.05, 3.63) is 59.2 Å². The largest absolute Gasteiger partial charge is 0.491 e. The second-order valence-corrected chi connectivity index (χ2v) is 12.4. The van der Waals surface area contributed by atoms with Crippen molar-refractivity contribution < 1.29 is 45.4 Å². The molecule has 0 unspecified atom stereocenters. The molecule has 2 heterocycles. The van der Waals surface area contributed by atoms with Crippen LogP contribution in [-0.2, 0) is 36.9 Å². The van der Waals surface area contributed by atoms with E-state index in [9.17, 15) is 36.0 Å². The molecular weight excluding hydrogens is 593 g/mol. The number of hydrogen-bond donors (Lipinski definition) is 1. The van der Waals surface area contributed by atoms with E-state index in [0.29, 0.717) is 5.56 Å². The minimum absolute atomic E-state index is 0.00590. The first-order chi connectivity index (χ1) is 20.3.